The molecule has 18 heavy (non-hydrogen) atoms. The summed E-state index contributed by atoms with van der Waals surface area (Å²) in [4.78, 5) is 2.17. The third-order valence-corrected chi connectivity index (χ3v) is 3.30. The monoisotopic (exact) mass is 246 g/mol. The van der Waals surface area contributed by atoms with Gasteiger partial charge in [-0.15, -0.1) is 0 Å². The largest absolute Gasteiger partial charge is 0.496 e. The van der Waals surface area contributed by atoms with Crippen molar-refractivity contribution in [1.82, 2.24) is 4.90 Å². The fraction of sp³-hybridized carbons (Fsp3) is 0.533. The zero-order chi connectivity index (χ0) is 13.7. The first-order valence-corrected chi connectivity index (χ1v) is 6.19. The molecule has 1 aromatic rings. The molecule has 0 bridgehead atoms. The molecule has 0 radical (unpaired) electrons. The first-order valence-electron chi connectivity index (χ1n) is 6.19. The summed E-state index contributed by atoms with van der Waals surface area (Å²) in [6, 6.07) is 6.77. The first kappa shape index (κ1) is 14.5. The zero-order valence-corrected chi connectivity index (χ0v) is 11.9. The molecule has 1 aromatic carbocycles. The predicted molar refractivity (Wildman–Crippen MR) is 73.7 cm³/mol. The Morgan fingerprint density at radius 2 is 1.94 bits per heavy atom. The summed E-state index contributed by atoms with van der Waals surface area (Å²) in [5.41, 5.74) is 3.64. The molecule has 0 saturated carbocycles. The Morgan fingerprint density at radius 1 is 1.28 bits per heavy atom. The highest BCUT2D eigenvalue weighted by Gasteiger charge is 2.17. The number of rotatable bonds is 5. The molecular weight excluding hydrogens is 224 g/mol. The van der Waals surface area contributed by atoms with Crippen molar-refractivity contribution in [3.8, 4) is 11.8 Å². The van der Waals surface area contributed by atoms with Gasteiger partial charge in [-0.3, -0.25) is 0 Å². The van der Waals surface area contributed by atoms with E-state index in [1.165, 1.54) is 11.1 Å². The van der Waals surface area contributed by atoms with Crippen molar-refractivity contribution < 1.29 is 4.74 Å². The van der Waals surface area contributed by atoms with Crippen LogP contribution in [-0.4, -0.2) is 26.1 Å². The van der Waals surface area contributed by atoms with Crippen LogP contribution in [0.2, 0.25) is 0 Å². The molecule has 1 unspecified atom stereocenters. The first-order chi connectivity index (χ1) is 8.51. The quantitative estimate of drug-likeness (QED) is 0.800. The molecule has 0 heterocycles. The van der Waals surface area contributed by atoms with Gasteiger partial charge in [0, 0.05) is 12.5 Å². The highest BCUT2D eigenvalue weighted by molar-refractivity contribution is 5.42. The average molecular weight is 246 g/mol. The van der Waals surface area contributed by atoms with Crippen molar-refractivity contribution in [2.24, 2.45) is 0 Å². The Labute approximate surface area is 110 Å². The molecule has 0 aliphatic carbocycles. The molecule has 0 spiro atoms. The van der Waals surface area contributed by atoms with Gasteiger partial charge >= 0.3 is 0 Å². The summed E-state index contributed by atoms with van der Waals surface area (Å²) in [5, 5.41) is 8.76. The molecule has 1 rings (SSSR count). The molecule has 0 aliphatic heterocycles. The maximum atomic E-state index is 8.76. The van der Waals surface area contributed by atoms with Crippen LogP contribution < -0.4 is 4.74 Å². The van der Waals surface area contributed by atoms with E-state index in [-0.39, 0.29) is 6.04 Å². The van der Waals surface area contributed by atoms with Gasteiger partial charge in [-0.05, 0) is 57.1 Å². The minimum Gasteiger partial charge on any atom is -0.496 e. The molecule has 3 heteroatoms. The zero-order valence-electron chi connectivity index (χ0n) is 11.9. The minimum absolute atomic E-state index is 0.286. The summed E-state index contributed by atoms with van der Waals surface area (Å²) in [6.45, 7) is 4.15. The Balaban J connectivity index is 3.12. The lowest BCUT2D eigenvalue weighted by Crippen LogP contribution is -2.21. The molecule has 3 nitrogen and oxygen atoms in total. The van der Waals surface area contributed by atoms with Crippen LogP contribution in [0.25, 0.3) is 0 Å². The number of aryl methyl sites for hydroxylation is 2. The predicted octanol–water partition coefficient (Wildman–Crippen LogP) is 3.22. The lowest BCUT2D eigenvalue weighted by Gasteiger charge is -2.26. The summed E-state index contributed by atoms with van der Waals surface area (Å²) in [6.07, 6.45) is 1.43. The van der Waals surface area contributed by atoms with E-state index in [4.69, 9.17) is 10.00 Å². The second-order valence-corrected chi connectivity index (χ2v) is 4.85. The smallest absolute Gasteiger partial charge is 0.122 e. The Morgan fingerprint density at radius 3 is 2.44 bits per heavy atom. The van der Waals surface area contributed by atoms with Gasteiger partial charge in [0.2, 0.25) is 0 Å². The lowest BCUT2D eigenvalue weighted by atomic mass is 9.94. The summed E-state index contributed by atoms with van der Waals surface area (Å²) in [5.74, 6) is 0.925. The summed E-state index contributed by atoms with van der Waals surface area (Å²) in [7, 11) is 5.81. The van der Waals surface area contributed by atoms with Crippen molar-refractivity contribution in [2.75, 3.05) is 21.2 Å². The van der Waals surface area contributed by atoms with Gasteiger partial charge in [0.15, 0.2) is 0 Å². The Hall–Kier alpha value is -1.53. The molecule has 0 aromatic heterocycles. The van der Waals surface area contributed by atoms with Crippen LogP contribution in [-0.2, 0) is 0 Å². The highest BCUT2D eigenvalue weighted by Crippen LogP contribution is 2.31. The van der Waals surface area contributed by atoms with E-state index >= 15 is 0 Å². The number of nitrogens with zero attached hydrogens (tertiary/aromatic N) is 2. The van der Waals surface area contributed by atoms with Crippen molar-refractivity contribution >= 4 is 0 Å². The van der Waals surface area contributed by atoms with Crippen molar-refractivity contribution in [2.45, 2.75) is 32.7 Å². The summed E-state index contributed by atoms with van der Waals surface area (Å²) >= 11 is 0. The molecule has 0 N–H and O–H groups in total. The number of benzene rings is 1. The number of ether oxygens (including phenoxy) is 1. The normalized spacial score (nSPS) is 12.3. The van der Waals surface area contributed by atoms with Crippen LogP contribution in [0, 0.1) is 25.2 Å². The van der Waals surface area contributed by atoms with Crippen molar-refractivity contribution in [3.05, 3.63) is 28.8 Å². The van der Waals surface area contributed by atoms with E-state index in [1.807, 2.05) is 0 Å². The van der Waals surface area contributed by atoms with Gasteiger partial charge in [-0.2, -0.15) is 5.26 Å². The Kier molecular flexibility index (Phi) is 5.18. The maximum absolute atomic E-state index is 8.76. The van der Waals surface area contributed by atoms with E-state index in [9.17, 15) is 0 Å². The standard InChI is InChI=1S/C15H22N2O/c1-11-10-15(18-5)12(2)9-13(11)14(17(3)4)7-6-8-16/h9-10,14H,6-7H2,1-5H3. The van der Waals surface area contributed by atoms with Gasteiger partial charge in [0.05, 0.1) is 13.2 Å². The molecule has 0 fully saturated rings. The van der Waals surface area contributed by atoms with Gasteiger partial charge in [0.1, 0.15) is 5.75 Å². The molecular formula is C15H22N2O. The lowest BCUT2D eigenvalue weighted by molar-refractivity contribution is 0.284. The van der Waals surface area contributed by atoms with Crippen LogP contribution in [0.1, 0.15) is 35.6 Å². The topological polar surface area (TPSA) is 36.3 Å². The third kappa shape index (κ3) is 3.24. The second kappa shape index (κ2) is 6.42. The molecule has 0 aliphatic rings. The van der Waals surface area contributed by atoms with Crippen molar-refractivity contribution in [1.29, 1.82) is 5.26 Å². The molecule has 1 atom stereocenters. The van der Waals surface area contributed by atoms with Gasteiger partial charge in [-0.1, -0.05) is 6.07 Å². The van der Waals surface area contributed by atoms with Gasteiger partial charge in [-0.25, -0.2) is 0 Å². The van der Waals surface area contributed by atoms with E-state index in [2.05, 4.69) is 51.0 Å². The number of methoxy groups -OCH3 is 1. The van der Waals surface area contributed by atoms with Crippen LogP contribution in [0.3, 0.4) is 0 Å². The van der Waals surface area contributed by atoms with Crippen molar-refractivity contribution in [3.63, 3.8) is 0 Å². The van der Waals surface area contributed by atoms with Crippen LogP contribution in [0.5, 0.6) is 5.75 Å². The van der Waals surface area contributed by atoms with E-state index in [0.29, 0.717) is 6.42 Å². The summed E-state index contributed by atoms with van der Waals surface area (Å²) < 4.78 is 5.34. The SMILES string of the molecule is COc1cc(C)c(C(CCC#N)N(C)C)cc1C. The van der Waals surface area contributed by atoms with Crippen LogP contribution in [0.15, 0.2) is 12.1 Å². The fourth-order valence-corrected chi connectivity index (χ4v) is 2.28. The minimum atomic E-state index is 0.286. The number of hydrogen-bond acceptors (Lipinski definition) is 3. The number of hydrogen-bond donors (Lipinski definition) is 0. The number of nitriles is 1. The van der Waals surface area contributed by atoms with E-state index in [0.717, 1.165) is 17.7 Å². The maximum Gasteiger partial charge on any atom is 0.122 e. The van der Waals surface area contributed by atoms with E-state index in [1.54, 1.807) is 7.11 Å². The Bertz CT molecular complexity index is 447. The average Bonchev–Trinajstić information content (AvgIpc) is 2.32. The molecule has 0 amide bonds. The van der Waals surface area contributed by atoms with Gasteiger partial charge in [0.25, 0.3) is 0 Å². The third-order valence-electron chi connectivity index (χ3n) is 3.30. The molecule has 98 valence electrons. The van der Waals surface area contributed by atoms with Crippen LogP contribution >= 0.6 is 0 Å². The van der Waals surface area contributed by atoms with E-state index < -0.39 is 0 Å². The fourth-order valence-electron chi connectivity index (χ4n) is 2.28. The second-order valence-electron chi connectivity index (χ2n) is 4.85. The van der Waals surface area contributed by atoms with Crippen LogP contribution in [0.4, 0.5) is 0 Å². The van der Waals surface area contributed by atoms with Gasteiger partial charge < -0.3 is 9.64 Å². The molecule has 0 saturated heterocycles. The highest BCUT2D eigenvalue weighted by atomic mass is 16.5.